The van der Waals surface area contributed by atoms with Gasteiger partial charge in [0.15, 0.2) is 0 Å². The van der Waals surface area contributed by atoms with Crippen molar-refractivity contribution < 1.29 is 0 Å². The summed E-state index contributed by atoms with van der Waals surface area (Å²) < 4.78 is 0. The molecule has 226 valence electrons. The van der Waals surface area contributed by atoms with Crippen molar-refractivity contribution in [2.45, 2.75) is 5.92 Å². The van der Waals surface area contributed by atoms with Gasteiger partial charge in [-0.3, -0.25) is 0 Å². The Morgan fingerprint density at radius 3 is 1.17 bits per heavy atom. The molecule has 0 bridgehead atoms. The molecular weight excluding hydrogens is 576 g/mol. The van der Waals surface area contributed by atoms with Crippen LogP contribution in [0.4, 0.5) is 45.5 Å². The molecule has 0 amide bonds. The van der Waals surface area contributed by atoms with Gasteiger partial charge >= 0.3 is 0 Å². The van der Waals surface area contributed by atoms with Crippen molar-refractivity contribution in [1.82, 2.24) is 15.0 Å². The number of anilines is 8. The summed E-state index contributed by atoms with van der Waals surface area (Å²) >= 11 is 0. The van der Waals surface area contributed by atoms with E-state index in [0.29, 0.717) is 0 Å². The van der Waals surface area contributed by atoms with E-state index in [4.69, 9.17) is 0 Å². The van der Waals surface area contributed by atoms with Gasteiger partial charge in [0.05, 0.1) is 5.92 Å². The van der Waals surface area contributed by atoms with Gasteiger partial charge in [-0.2, -0.15) is 0 Å². The van der Waals surface area contributed by atoms with Crippen LogP contribution in [0, 0.1) is 0 Å². The minimum Gasteiger partial charge on any atom is -0.344 e. The Hall–Kier alpha value is -6.27. The van der Waals surface area contributed by atoms with Crippen LogP contribution in [0.3, 0.4) is 0 Å². The van der Waals surface area contributed by atoms with Crippen LogP contribution in [0.25, 0.3) is 0 Å². The van der Waals surface area contributed by atoms with Crippen LogP contribution >= 0.6 is 0 Å². The Labute approximate surface area is 274 Å². The molecule has 0 unspecified atom stereocenters. The molecule has 0 aliphatic carbocycles. The molecule has 8 rings (SSSR count). The van der Waals surface area contributed by atoms with Gasteiger partial charge in [-0.15, -0.1) is 0 Å². The van der Waals surface area contributed by atoms with Crippen molar-refractivity contribution in [3.05, 3.63) is 187 Å². The Morgan fingerprint density at radius 2 is 0.809 bits per heavy atom. The number of fused-ring (bicyclic) bond motifs is 2. The zero-order chi connectivity index (χ0) is 31.6. The van der Waals surface area contributed by atoms with Gasteiger partial charge in [-0.1, -0.05) is 84.9 Å². The lowest BCUT2D eigenvalue weighted by atomic mass is 9.83. The number of para-hydroxylation sites is 4. The smallest absolute Gasteiger partial charge is 0.143 e. The fourth-order valence-corrected chi connectivity index (χ4v) is 6.59. The number of nitrogens with zero attached hydrogens (tertiary/aromatic N) is 6. The highest BCUT2D eigenvalue weighted by Gasteiger charge is 2.33. The van der Waals surface area contributed by atoms with Crippen LogP contribution in [-0.4, -0.2) is 22.0 Å². The summed E-state index contributed by atoms with van der Waals surface area (Å²) in [7, 11) is 2.15. The van der Waals surface area contributed by atoms with E-state index in [2.05, 4.69) is 194 Å². The molecule has 0 saturated carbocycles. The Morgan fingerprint density at radius 1 is 0.447 bits per heavy atom. The molecule has 7 aromatic rings. The highest BCUT2D eigenvalue weighted by molar-refractivity contribution is 5.87. The molecule has 6 nitrogen and oxygen atoms in total. The number of rotatable bonds is 7. The summed E-state index contributed by atoms with van der Waals surface area (Å²) in [6.07, 6.45) is 3.17. The van der Waals surface area contributed by atoms with E-state index in [9.17, 15) is 0 Å². The van der Waals surface area contributed by atoms with Crippen molar-refractivity contribution in [2.24, 2.45) is 0 Å². The average Bonchev–Trinajstić information content (AvgIpc) is 3.14. The molecule has 0 radical (unpaired) electrons. The van der Waals surface area contributed by atoms with Crippen molar-refractivity contribution in [3.8, 4) is 0 Å². The van der Waals surface area contributed by atoms with Crippen molar-refractivity contribution >= 4 is 45.5 Å². The number of hydrogen-bond acceptors (Lipinski definition) is 6. The SMILES string of the molecule is CN1c2cc(N(c3ccccc3)c3ccccc3)ccc2C(c2ncncn2)c2ccc(N(c3ccccc3)c3ccccc3)cc21. The second-order valence-corrected chi connectivity index (χ2v) is 11.5. The molecular formula is C41H32N6. The first-order chi connectivity index (χ1) is 23.3. The number of aromatic nitrogens is 3. The molecule has 2 heterocycles. The number of benzene rings is 6. The van der Waals surface area contributed by atoms with Crippen LogP contribution in [0.5, 0.6) is 0 Å². The highest BCUT2D eigenvalue weighted by atomic mass is 15.2. The largest absolute Gasteiger partial charge is 0.344 e. The summed E-state index contributed by atoms with van der Waals surface area (Å²) in [6, 6.07) is 55.4. The van der Waals surface area contributed by atoms with Crippen molar-refractivity contribution in [3.63, 3.8) is 0 Å². The first kappa shape index (κ1) is 28.2. The molecule has 0 atom stereocenters. The third-order valence-electron chi connectivity index (χ3n) is 8.72. The standard InChI is InChI=1S/C41H32N6/c1-45-38-26-34(46(30-14-6-2-7-15-30)31-16-8-3-9-17-31)22-24-36(38)40(41-43-28-42-29-44-41)37-25-23-35(27-39(37)45)47(32-18-10-4-11-19-32)33-20-12-5-13-21-33/h2-29,40H,1H3. The van der Waals surface area contributed by atoms with Gasteiger partial charge in [0, 0.05) is 52.5 Å². The summed E-state index contributed by atoms with van der Waals surface area (Å²) in [4.78, 5) is 20.4. The third-order valence-corrected chi connectivity index (χ3v) is 8.72. The van der Waals surface area contributed by atoms with E-state index in [1.165, 1.54) is 0 Å². The molecule has 6 aromatic carbocycles. The molecule has 0 spiro atoms. The van der Waals surface area contributed by atoms with Crippen LogP contribution in [0.15, 0.2) is 170 Å². The lowest BCUT2D eigenvalue weighted by Crippen LogP contribution is -2.24. The predicted molar refractivity (Wildman–Crippen MR) is 191 cm³/mol. The minimum absolute atomic E-state index is 0.161. The normalized spacial score (nSPS) is 12.2. The van der Waals surface area contributed by atoms with Crippen LogP contribution in [0.1, 0.15) is 22.9 Å². The highest BCUT2D eigenvalue weighted by Crippen LogP contribution is 2.50. The first-order valence-electron chi connectivity index (χ1n) is 15.7. The van der Waals surface area contributed by atoms with E-state index in [-0.39, 0.29) is 5.92 Å². The maximum Gasteiger partial charge on any atom is 0.143 e. The van der Waals surface area contributed by atoms with Gasteiger partial charge in [-0.25, -0.2) is 15.0 Å². The maximum absolute atomic E-state index is 4.67. The van der Waals surface area contributed by atoms with E-state index in [1.54, 1.807) is 12.7 Å². The van der Waals surface area contributed by atoms with Crippen LogP contribution < -0.4 is 14.7 Å². The third kappa shape index (κ3) is 5.26. The summed E-state index contributed by atoms with van der Waals surface area (Å²) in [5.74, 6) is 0.563. The average molecular weight is 609 g/mol. The summed E-state index contributed by atoms with van der Waals surface area (Å²) in [5.41, 5.74) is 11.0. The van der Waals surface area contributed by atoms with Gasteiger partial charge < -0.3 is 14.7 Å². The molecule has 0 fully saturated rings. The van der Waals surface area contributed by atoms with E-state index in [1.807, 2.05) is 0 Å². The zero-order valence-electron chi connectivity index (χ0n) is 25.9. The summed E-state index contributed by atoms with van der Waals surface area (Å²) in [5, 5.41) is 0. The molecule has 1 aliphatic heterocycles. The zero-order valence-corrected chi connectivity index (χ0v) is 25.9. The lowest BCUT2D eigenvalue weighted by molar-refractivity contribution is 0.813. The van der Waals surface area contributed by atoms with Crippen LogP contribution in [0.2, 0.25) is 0 Å². The van der Waals surface area contributed by atoms with Crippen LogP contribution in [-0.2, 0) is 0 Å². The molecule has 47 heavy (non-hydrogen) atoms. The Bertz CT molecular complexity index is 1890. The fourth-order valence-electron chi connectivity index (χ4n) is 6.59. The molecule has 6 heteroatoms. The predicted octanol–water partition coefficient (Wildman–Crippen LogP) is 10.1. The maximum atomic E-state index is 4.67. The summed E-state index contributed by atoms with van der Waals surface area (Å²) in [6.45, 7) is 0. The minimum atomic E-state index is -0.161. The first-order valence-corrected chi connectivity index (χ1v) is 15.7. The molecule has 0 N–H and O–H groups in total. The second kappa shape index (κ2) is 12.3. The Kier molecular flexibility index (Phi) is 7.36. The van der Waals surface area contributed by atoms with Gasteiger partial charge in [0.25, 0.3) is 0 Å². The quantitative estimate of drug-likeness (QED) is 0.179. The second-order valence-electron chi connectivity index (χ2n) is 11.5. The fraction of sp³-hybridized carbons (Fsp3) is 0.0488. The number of hydrogen-bond donors (Lipinski definition) is 0. The van der Waals surface area contributed by atoms with Gasteiger partial charge in [0.1, 0.15) is 18.5 Å². The molecule has 1 aliphatic rings. The topological polar surface area (TPSA) is 48.4 Å². The van der Waals surface area contributed by atoms with Crippen molar-refractivity contribution in [2.75, 3.05) is 21.7 Å². The van der Waals surface area contributed by atoms with E-state index < -0.39 is 0 Å². The van der Waals surface area contributed by atoms with E-state index in [0.717, 1.165) is 62.5 Å². The molecule has 1 aromatic heterocycles. The van der Waals surface area contributed by atoms with Crippen molar-refractivity contribution in [1.29, 1.82) is 0 Å². The van der Waals surface area contributed by atoms with E-state index >= 15 is 0 Å². The monoisotopic (exact) mass is 608 g/mol. The molecule has 0 saturated heterocycles. The van der Waals surface area contributed by atoms with Gasteiger partial charge in [0.2, 0.25) is 0 Å². The van der Waals surface area contributed by atoms with Gasteiger partial charge in [-0.05, 0) is 83.9 Å². The lowest BCUT2D eigenvalue weighted by Gasteiger charge is -2.37. The Balaban J connectivity index is 1.31.